The van der Waals surface area contributed by atoms with Crippen LogP contribution in [0.1, 0.15) is 29.2 Å². The third kappa shape index (κ3) is 4.35. The third-order valence-electron chi connectivity index (χ3n) is 4.94. The summed E-state index contributed by atoms with van der Waals surface area (Å²) < 4.78 is 1.11. The van der Waals surface area contributed by atoms with E-state index in [2.05, 4.69) is 30.1 Å². The summed E-state index contributed by atoms with van der Waals surface area (Å²) in [5, 5.41) is 0.738. The number of pyridine rings is 1. The molecule has 146 valence electrons. The van der Waals surface area contributed by atoms with Gasteiger partial charge >= 0.3 is 0 Å². The smallest absolute Gasteiger partial charge is 0.233 e. The summed E-state index contributed by atoms with van der Waals surface area (Å²) in [5.41, 5.74) is 5.38. The van der Waals surface area contributed by atoms with Gasteiger partial charge in [0.15, 0.2) is 5.13 Å². The molecule has 5 heteroatoms. The maximum absolute atomic E-state index is 13.3. The maximum Gasteiger partial charge on any atom is 0.233 e. The molecule has 29 heavy (non-hydrogen) atoms. The number of aromatic nitrogens is 2. The number of aryl methyl sites for hydroxylation is 2. The highest BCUT2D eigenvalue weighted by Crippen LogP contribution is 2.32. The molecule has 2 aromatic carbocycles. The monoisotopic (exact) mass is 401 g/mol. The number of hydrogen-bond donors (Lipinski definition) is 0. The van der Waals surface area contributed by atoms with Gasteiger partial charge < -0.3 is 0 Å². The van der Waals surface area contributed by atoms with Crippen LogP contribution in [0.3, 0.4) is 0 Å². The van der Waals surface area contributed by atoms with E-state index in [9.17, 15) is 4.79 Å². The molecule has 2 heterocycles. The van der Waals surface area contributed by atoms with E-state index >= 15 is 0 Å². The van der Waals surface area contributed by atoms with E-state index in [0.29, 0.717) is 13.0 Å². The molecule has 0 saturated heterocycles. The highest BCUT2D eigenvalue weighted by Gasteiger charge is 2.21. The Labute approximate surface area is 174 Å². The molecule has 4 aromatic rings. The Kier molecular flexibility index (Phi) is 5.67. The van der Waals surface area contributed by atoms with Crippen LogP contribution in [0.2, 0.25) is 0 Å². The Morgan fingerprint density at radius 3 is 2.59 bits per heavy atom. The zero-order valence-corrected chi connectivity index (χ0v) is 17.4. The molecule has 1 amide bonds. The molecule has 4 rings (SSSR count). The van der Waals surface area contributed by atoms with Crippen molar-refractivity contribution in [2.24, 2.45) is 0 Å². The Morgan fingerprint density at radius 2 is 1.86 bits per heavy atom. The summed E-state index contributed by atoms with van der Waals surface area (Å²) >= 11 is 1.57. The van der Waals surface area contributed by atoms with Gasteiger partial charge in [-0.25, -0.2) is 4.98 Å². The normalized spacial score (nSPS) is 11.0. The first kappa shape index (κ1) is 19.3. The van der Waals surface area contributed by atoms with Crippen molar-refractivity contribution in [3.05, 3.63) is 89.2 Å². The number of para-hydroxylation sites is 1. The Balaban J connectivity index is 1.69. The summed E-state index contributed by atoms with van der Waals surface area (Å²) in [4.78, 5) is 24.2. The lowest BCUT2D eigenvalue weighted by Crippen LogP contribution is -2.31. The minimum atomic E-state index is 0.0369. The number of amides is 1. The lowest BCUT2D eigenvalue weighted by molar-refractivity contribution is -0.118. The molecule has 0 bridgehead atoms. The van der Waals surface area contributed by atoms with Crippen LogP contribution in [0.5, 0.6) is 0 Å². The molecule has 0 unspecified atom stereocenters. The van der Waals surface area contributed by atoms with E-state index in [1.807, 2.05) is 43.3 Å². The van der Waals surface area contributed by atoms with Crippen molar-refractivity contribution >= 4 is 32.6 Å². The van der Waals surface area contributed by atoms with Crippen molar-refractivity contribution in [3.8, 4) is 0 Å². The van der Waals surface area contributed by atoms with Crippen LogP contribution < -0.4 is 4.90 Å². The van der Waals surface area contributed by atoms with Gasteiger partial charge in [-0.2, -0.15) is 0 Å². The van der Waals surface area contributed by atoms with Crippen LogP contribution in [0.4, 0.5) is 5.13 Å². The van der Waals surface area contributed by atoms with Crippen molar-refractivity contribution in [1.82, 2.24) is 9.97 Å². The summed E-state index contributed by atoms with van der Waals surface area (Å²) in [5.74, 6) is 0.0369. The van der Waals surface area contributed by atoms with Crippen molar-refractivity contribution < 1.29 is 4.79 Å². The molecule has 0 atom stereocenters. The molecule has 0 saturated carbocycles. The number of thiazole rings is 1. The molecule has 0 radical (unpaired) electrons. The predicted octanol–water partition coefficient (Wildman–Crippen LogP) is 5.34. The van der Waals surface area contributed by atoms with Crippen LogP contribution in [-0.2, 0) is 24.2 Å². The van der Waals surface area contributed by atoms with Crippen molar-refractivity contribution in [1.29, 1.82) is 0 Å². The van der Waals surface area contributed by atoms with E-state index in [-0.39, 0.29) is 5.91 Å². The van der Waals surface area contributed by atoms with Crippen LogP contribution >= 0.6 is 11.3 Å². The van der Waals surface area contributed by atoms with Crippen molar-refractivity contribution in [2.75, 3.05) is 4.90 Å². The van der Waals surface area contributed by atoms with Gasteiger partial charge in [0.2, 0.25) is 5.91 Å². The van der Waals surface area contributed by atoms with Gasteiger partial charge in [-0.05, 0) is 42.2 Å². The molecular weight excluding hydrogens is 378 g/mol. The first-order valence-corrected chi connectivity index (χ1v) is 10.6. The van der Waals surface area contributed by atoms with Gasteiger partial charge in [-0.3, -0.25) is 14.7 Å². The van der Waals surface area contributed by atoms with E-state index < -0.39 is 0 Å². The number of anilines is 1. The Morgan fingerprint density at radius 1 is 1.03 bits per heavy atom. The summed E-state index contributed by atoms with van der Waals surface area (Å²) in [6.07, 6.45) is 4.81. The molecular formula is C24H23N3OS. The number of hydrogen-bond acceptors (Lipinski definition) is 4. The second-order valence-electron chi connectivity index (χ2n) is 7.12. The summed E-state index contributed by atoms with van der Waals surface area (Å²) in [6, 6.07) is 18.2. The number of carbonyl (C=O) groups excluding carboxylic acids is 1. The fourth-order valence-electron chi connectivity index (χ4n) is 3.31. The lowest BCUT2D eigenvalue weighted by Gasteiger charge is -2.20. The standard InChI is InChI=1S/C24H23N3OS/c1-3-20-7-4-8-21-23(20)26-24(29-21)27(16-19-6-5-13-25-15-19)22(28)14-18-11-9-17(2)10-12-18/h4-13,15H,3,14,16H2,1-2H3. The van der Waals surface area contributed by atoms with Crippen LogP contribution in [0.25, 0.3) is 10.2 Å². The number of fused-ring (bicyclic) bond motifs is 1. The molecule has 0 aliphatic rings. The van der Waals surface area contributed by atoms with Gasteiger partial charge in [-0.15, -0.1) is 0 Å². The topological polar surface area (TPSA) is 46.1 Å². The number of carbonyl (C=O) groups is 1. The zero-order chi connectivity index (χ0) is 20.2. The summed E-state index contributed by atoms with van der Waals surface area (Å²) in [7, 11) is 0. The molecule has 0 spiro atoms. The van der Waals surface area contributed by atoms with E-state index in [4.69, 9.17) is 4.98 Å². The number of benzene rings is 2. The van der Waals surface area contributed by atoms with Crippen LogP contribution in [0, 0.1) is 6.92 Å². The minimum absolute atomic E-state index is 0.0369. The second-order valence-corrected chi connectivity index (χ2v) is 8.13. The van der Waals surface area contributed by atoms with E-state index in [1.165, 1.54) is 11.1 Å². The highest BCUT2D eigenvalue weighted by molar-refractivity contribution is 7.22. The fraction of sp³-hybridized carbons (Fsp3) is 0.208. The fourth-order valence-corrected chi connectivity index (χ4v) is 4.34. The highest BCUT2D eigenvalue weighted by atomic mass is 32.1. The Hall–Kier alpha value is -3.05. The predicted molar refractivity (Wildman–Crippen MR) is 119 cm³/mol. The van der Waals surface area contributed by atoms with Crippen molar-refractivity contribution in [3.63, 3.8) is 0 Å². The first-order valence-electron chi connectivity index (χ1n) is 9.77. The number of rotatable bonds is 6. The van der Waals surface area contributed by atoms with E-state index in [1.54, 1.807) is 28.6 Å². The molecule has 0 aliphatic heterocycles. The lowest BCUT2D eigenvalue weighted by atomic mass is 10.1. The molecule has 0 fully saturated rings. The van der Waals surface area contributed by atoms with Gasteiger partial charge in [0.1, 0.15) is 0 Å². The molecule has 0 N–H and O–H groups in total. The number of nitrogens with zero attached hydrogens (tertiary/aromatic N) is 3. The minimum Gasteiger partial charge on any atom is -0.283 e. The van der Waals surface area contributed by atoms with Gasteiger partial charge in [0.25, 0.3) is 0 Å². The van der Waals surface area contributed by atoms with Gasteiger partial charge in [0.05, 0.1) is 23.2 Å². The molecule has 2 aromatic heterocycles. The van der Waals surface area contributed by atoms with Crippen LogP contribution in [0.15, 0.2) is 67.0 Å². The Bertz CT molecular complexity index is 1120. The second kappa shape index (κ2) is 8.53. The van der Waals surface area contributed by atoms with Crippen LogP contribution in [-0.4, -0.2) is 15.9 Å². The maximum atomic E-state index is 13.3. The van der Waals surface area contributed by atoms with E-state index in [0.717, 1.165) is 32.9 Å². The molecule has 4 nitrogen and oxygen atoms in total. The third-order valence-corrected chi connectivity index (χ3v) is 5.99. The quantitative estimate of drug-likeness (QED) is 0.438. The largest absolute Gasteiger partial charge is 0.283 e. The SMILES string of the molecule is CCc1cccc2sc(N(Cc3cccnc3)C(=O)Cc3ccc(C)cc3)nc12. The zero-order valence-electron chi connectivity index (χ0n) is 16.6. The first-order chi connectivity index (χ1) is 14.1. The van der Waals surface area contributed by atoms with Gasteiger partial charge in [-0.1, -0.05) is 66.3 Å². The average molecular weight is 402 g/mol. The van der Waals surface area contributed by atoms with Gasteiger partial charge in [0, 0.05) is 12.4 Å². The molecule has 0 aliphatic carbocycles. The summed E-state index contributed by atoms with van der Waals surface area (Å²) in [6.45, 7) is 4.64. The average Bonchev–Trinajstić information content (AvgIpc) is 3.18. The van der Waals surface area contributed by atoms with Crippen molar-refractivity contribution in [2.45, 2.75) is 33.2 Å².